The van der Waals surface area contributed by atoms with Crippen molar-refractivity contribution < 1.29 is 0 Å². The molecule has 4 heteroatoms. The van der Waals surface area contributed by atoms with Crippen LogP contribution in [0.4, 0.5) is 0 Å². The van der Waals surface area contributed by atoms with Crippen LogP contribution >= 0.6 is 11.3 Å². The van der Waals surface area contributed by atoms with Gasteiger partial charge in [-0.3, -0.25) is 0 Å². The van der Waals surface area contributed by atoms with Gasteiger partial charge in [0, 0.05) is 30.2 Å². The lowest BCUT2D eigenvalue weighted by atomic mass is 10.0. The summed E-state index contributed by atoms with van der Waals surface area (Å²) in [4.78, 5) is 6.72. The van der Waals surface area contributed by atoms with Crippen LogP contribution in [0.25, 0.3) is 0 Å². The Bertz CT molecular complexity index is 299. The first-order valence-corrected chi connectivity index (χ1v) is 6.66. The van der Waals surface area contributed by atoms with Crippen molar-refractivity contribution in [2.24, 2.45) is 5.92 Å². The van der Waals surface area contributed by atoms with E-state index in [4.69, 9.17) is 0 Å². The van der Waals surface area contributed by atoms with Gasteiger partial charge in [-0.2, -0.15) is 0 Å². The Morgan fingerprint density at radius 2 is 2.12 bits per heavy atom. The minimum Gasteiger partial charge on any atom is -0.309 e. The van der Waals surface area contributed by atoms with E-state index in [0.29, 0.717) is 12.0 Å². The van der Waals surface area contributed by atoms with Gasteiger partial charge in [-0.25, -0.2) is 4.98 Å². The topological polar surface area (TPSA) is 28.2 Å². The summed E-state index contributed by atoms with van der Waals surface area (Å²) in [6, 6.07) is 0.584. The van der Waals surface area contributed by atoms with Crippen LogP contribution in [0.15, 0.2) is 5.38 Å². The van der Waals surface area contributed by atoms with Gasteiger partial charge in [-0.1, -0.05) is 13.8 Å². The van der Waals surface area contributed by atoms with Crippen molar-refractivity contribution in [1.29, 1.82) is 0 Å². The molecule has 0 aliphatic rings. The highest BCUT2D eigenvalue weighted by Gasteiger charge is 2.14. The number of hydrogen-bond acceptors (Lipinski definition) is 4. The fourth-order valence-corrected chi connectivity index (χ4v) is 2.57. The first-order valence-electron chi connectivity index (χ1n) is 5.79. The van der Waals surface area contributed by atoms with E-state index >= 15 is 0 Å². The molecule has 1 heterocycles. The summed E-state index contributed by atoms with van der Waals surface area (Å²) < 4.78 is 0. The first-order chi connectivity index (χ1) is 7.50. The lowest BCUT2D eigenvalue weighted by Gasteiger charge is -2.28. The molecule has 1 atom stereocenters. The zero-order chi connectivity index (χ0) is 12.1. The van der Waals surface area contributed by atoms with Crippen molar-refractivity contribution in [3.8, 4) is 0 Å². The SMILES string of the molecule is Cc1csc(CNCC(C(C)C)N(C)C)n1. The first kappa shape index (κ1) is 13.6. The fraction of sp³-hybridized carbons (Fsp3) is 0.750. The molecule has 1 aromatic heterocycles. The number of hydrogen-bond donors (Lipinski definition) is 1. The molecular weight excluding hydrogens is 218 g/mol. The van der Waals surface area contributed by atoms with Gasteiger partial charge in [0.1, 0.15) is 5.01 Å². The molecule has 1 aromatic rings. The number of likely N-dealkylation sites (N-methyl/N-ethyl adjacent to an activating group) is 1. The van der Waals surface area contributed by atoms with Crippen LogP contribution in [0, 0.1) is 12.8 Å². The van der Waals surface area contributed by atoms with Crippen LogP contribution in [-0.2, 0) is 6.54 Å². The van der Waals surface area contributed by atoms with E-state index in [0.717, 1.165) is 18.8 Å². The predicted molar refractivity (Wildman–Crippen MR) is 70.9 cm³/mol. The predicted octanol–water partition coefficient (Wildman–Crippen LogP) is 2.13. The second-order valence-electron chi connectivity index (χ2n) is 4.79. The summed E-state index contributed by atoms with van der Waals surface area (Å²) >= 11 is 1.73. The summed E-state index contributed by atoms with van der Waals surface area (Å²) in [5.74, 6) is 0.667. The normalized spacial score (nSPS) is 13.7. The van der Waals surface area contributed by atoms with E-state index in [2.05, 4.69) is 48.5 Å². The Hall–Kier alpha value is -0.450. The van der Waals surface area contributed by atoms with Crippen molar-refractivity contribution in [3.05, 3.63) is 16.1 Å². The zero-order valence-electron chi connectivity index (χ0n) is 10.9. The second-order valence-corrected chi connectivity index (χ2v) is 5.73. The Kier molecular flexibility index (Phi) is 5.38. The van der Waals surface area contributed by atoms with Gasteiger partial charge in [0.2, 0.25) is 0 Å². The maximum atomic E-state index is 4.44. The van der Waals surface area contributed by atoms with Crippen molar-refractivity contribution >= 4 is 11.3 Å². The highest BCUT2D eigenvalue weighted by Crippen LogP contribution is 2.09. The molecule has 16 heavy (non-hydrogen) atoms. The Labute approximate surface area is 103 Å². The largest absolute Gasteiger partial charge is 0.309 e. The van der Waals surface area contributed by atoms with Crippen molar-refractivity contribution in [3.63, 3.8) is 0 Å². The van der Waals surface area contributed by atoms with Gasteiger partial charge in [0.05, 0.1) is 0 Å². The Morgan fingerprint density at radius 1 is 1.44 bits per heavy atom. The van der Waals surface area contributed by atoms with E-state index in [9.17, 15) is 0 Å². The summed E-state index contributed by atoms with van der Waals surface area (Å²) in [6.07, 6.45) is 0. The molecule has 1 N–H and O–H groups in total. The standard InChI is InChI=1S/C12H23N3S/c1-9(2)11(15(4)5)6-13-7-12-14-10(3)8-16-12/h8-9,11,13H,6-7H2,1-5H3. The lowest BCUT2D eigenvalue weighted by Crippen LogP contribution is -2.41. The molecule has 0 aromatic carbocycles. The third-order valence-electron chi connectivity index (χ3n) is 2.73. The minimum absolute atomic E-state index is 0.584. The van der Waals surface area contributed by atoms with Gasteiger partial charge >= 0.3 is 0 Å². The maximum Gasteiger partial charge on any atom is 0.107 e. The molecule has 1 unspecified atom stereocenters. The number of nitrogens with one attached hydrogen (secondary N) is 1. The molecule has 92 valence electrons. The van der Waals surface area contributed by atoms with E-state index in [1.807, 2.05) is 6.92 Å². The average molecular weight is 241 g/mol. The van der Waals surface area contributed by atoms with Gasteiger partial charge in [-0.05, 0) is 26.9 Å². The number of rotatable bonds is 6. The van der Waals surface area contributed by atoms with Crippen molar-refractivity contribution in [1.82, 2.24) is 15.2 Å². The second kappa shape index (κ2) is 6.33. The highest BCUT2D eigenvalue weighted by molar-refractivity contribution is 7.09. The molecule has 0 amide bonds. The molecule has 0 aliphatic heterocycles. The Morgan fingerprint density at radius 3 is 2.56 bits per heavy atom. The number of aryl methyl sites for hydroxylation is 1. The molecule has 0 spiro atoms. The van der Waals surface area contributed by atoms with E-state index in [1.54, 1.807) is 11.3 Å². The molecule has 0 fully saturated rings. The van der Waals surface area contributed by atoms with Gasteiger partial charge in [-0.15, -0.1) is 11.3 Å². The molecule has 0 saturated heterocycles. The molecule has 0 saturated carbocycles. The average Bonchev–Trinajstić information content (AvgIpc) is 2.57. The molecule has 0 bridgehead atoms. The number of aromatic nitrogens is 1. The molecule has 3 nitrogen and oxygen atoms in total. The summed E-state index contributed by atoms with van der Waals surface area (Å²) in [7, 11) is 4.28. The minimum atomic E-state index is 0.584. The fourth-order valence-electron chi connectivity index (χ4n) is 1.83. The summed E-state index contributed by atoms with van der Waals surface area (Å²) in [5.41, 5.74) is 1.12. The van der Waals surface area contributed by atoms with Crippen LogP contribution in [0.1, 0.15) is 24.5 Å². The monoisotopic (exact) mass is 241 g/mol. The lowest BCUT2D eigenvalue weighted by molar-refractivity contribution is 0.224. The van der Waals surface area contributed by atoms with Crippen molar-refractivity contribution in [2.75, 3.05) is 20.6 Å². The van der Waals surface area contributed by atoms with Crippen molar-refractivity contribution in [2.45, 2.75) is 33.4 Å². The third-order valence-corrected chi connectivity index (χ3v) is 3.70. The quantitative estimate of drug-likeness (QED) is 0.827. The summed E-state index contributed by atoms with van der Waals surface area (Å²) in [6.45, 7) is 8.47. The van der Waals surface area contributed by atoms with Crippen LogP contribution in [0.2, 0.25) is 0 Å². The van der Waals surface area contributed by atoms with E-state index in [1.165, 1.54) is 5.01 Å². The van der Waals surface area contributed by atoms with Gasteiger partial charge < -0.3 is 10.2 Å². The zero-order valence-corrected chi connectivity index (χ0v) is 11.8. The maximum absolute atomic E-state index is 4.44. The van der Waals surface area contributed by atoms with E-state index in [-0.39, 0.29) is 0 Å². The highest BCUT2D eigenvalue weighted by atomic mass is 32.1. The molecule has 0 aliphatic carbocycles. The van der Waals surface area contributed by atoms with Gasteiger partial charge in [0.25, 0.3) is 0 Å². The van der Waals surface area contributed by atoms with E-state index < -0.39 is 0 Å². The smallest absolute Gasteiger partial charge is 0.107 e. The van der Waals surface area contributed by atoms with Crippen LogP contribution in [-0.4, -0.2) is 36.6 Å². The molecule has 1 rings (SSSR count). The van der Waals surface area contributed by atoms with Crippen LogP contribution in [0.3, 0.4) is 0 Å². The number of thiazole rings is 1. The Balaban J connectivity index is 2.33. The third kappa shape index (κ3) is 4.20. The number of nitrogens with zero attached hydrogens (tertiary/aromatic N) is 2. The molecular formula is C12H23N3S. The molecule has 0 radical (unpaired) electrons. The summed E-state index contributed by atoms with van der Waals surface area (Å²) in [5, 5.41) is 6.76. The van der Waals surface area contributed by atoms with Crippen LogP contribution < -0.4 is 5.32 Å². The van der Waals surface area contributed by atoms with Crippen LogP contribution in [0.5, 0.6) is 0 Å². The van der Waals surface area contributed by atoms with Gasteiger partial charge in [0.15, 0.2) is 0 Å².